The van der Waals surface area contributed by atoms with E-state index in [-0.39, 0.29) is 12.4 Å². The number of esters is 1. The number of allylic oxidation sites excluding steroid dienone is 1. The van der Waals surface area contributed by atoms with Gasteiger partial charge in [-0.1, -0.05) is 42.5 Å². The summed E-state index contributed by atoms with van der Waals surface area (Å²) in [6, 6.07) is 12.2. The molecule has 0 saturated heterocycles. The van der Waals surface area contributed by atoms with Gasteiger partial charge in [-0.05, 0) is 43.2 Å². The summed E-state index contributed by atoms with van der Waals surface area (Å²) in [4.78, 5) is 31.7. The van der Waals surface area contributed by atoms with Crippen LogP contribution in [0.4, 0.5) is 0 Å². The van der Waals surface area contributed by atoms with Crippen molar-refractivity contribution >= 4 is 23.4 Å². The lowest BCUT2D eigenvalue weighted by Gasteiger charge is -2.26. The Morgan fingerprint density at radius 3 is 2.83 bits per heavy atom. The van der Waals surface area contributed by atoms with Gasteiger partial charge in [0, 0.05) is 5.56 Å². The Balaban J connectivity index is 1.70. The predicted octanol–water partition coefficient (Wildman–Crippen LogP) is 2.93. The Morgan fingerprint density at radius 2 is 2.03 bits per heavy atom. The van der Waals surface area contributed by atoms with E-state index < -0.39 is 12.0 Å². The van der Waals surface area contributed by atoms with Crippen molar-refractivity contribution in [3.05, 3.63) is 84.5 Å². The zero-order valence-corrected chi connectivity index (χ0v) is 20.4. The lowest BCUT2D eigenvalue weighted by Crippen LogP contribution is -2.40. The van der Waals surface area contributed by atoms with Crippen LogP contribution in [0, 0.1) is 0 Å². The third-order valence-corrected chi connectivity index (χ3v) is 6.78. The zero-order valence-electron chi connectivity index (χ0n) is 19.6. The topological polar surface area (TPSA) is 88.4 Å². The van der Waals surface area contributed by atoms with E-state index in [0.717, 1.165) is 12.0 Å². The van der Waals surface area contributed by atoms with E-state index in [1.165, 1.54) is 18.4 Å². The number of para-hydroxylation sites is 1. The minimum atomic E-state index is -0.731. The molecule has 9 heteroatoms. The lowest BCUT2D eigenvalue weighted by molar-refractivity contribution is -0.136. The van der Waals surface area contributed by atoms with Crippen molar-refractivity contribution in [2.45, 2.75) is 26.3 Å². The molecule has 35 heavy (non-hydrogen) atoms. The van der Waals surface area contributed by atoms with Crippen LogP contribution in [0.3, 0.4) is 0 Å². The summed E-state index contributed by atoms with van der Waals surface area (Å²) in [7, 11) is 1.32. The highest BCUT2D eigenvalue weighted by Crippen LogP contribution is 2.36. The van der Waals surface area contributed by atoms with Gasteiger partial charge in [-0.25, -0.2) is 9.79 Å². The van der Waals surface area contributed by atoms with Crippen molar-refractivity contribution < 1.29 is 23.7 Å². The minimum Gasteiger partial charge on any atom is -0.493 e. The van der Waals surface area contributed by atoms with Crippen molar-refractivity contribution in [2.75, 3.05) is 20.5 Å². The van der Waals surface area contributed by atoms with Gasteiger partial charge in [-0.2, -0.15) is 0 Å². The largest absolute Gasteiger partial charge is 0.493 e. The molecule has 1 aromatic heterocycles. The summed E-state index contributed by atoms with van der Waals surface area (Å²) < 4.78 is 24.0. The smallest absolute Gasteiger partial charge is 0.338 e. The molecule has 0 amide bonds. The monoisotopic (exact) mass is 492 g/mol. The SMILES string of the molecule is CCCOc1ccccc1[C@H]1C(C(=O)OC)=C(C)N=c2s/c(=C/c3ccc4c(c3)OCO4)c(=O)n21. The first-order chi connectivity index (χ1) is 17.0. The number of carbonyl (C=O) groups excluding carboxylic acids is 1. The highest BCUT2D eigenvalue weighted by molar-refractivity contribution is 7.07. The third kappa shape index (κ3) is 4.12. The summed E-state index contributed by atoms with van der Waals surface area (Å²) >= 11 is 1.27. The molecular weight excluding hydrogens is 468 g/mol. The fraction of sp³-hybridized carbons (Fsp3) is 0.269. The maximum atomic E-state index is 13.7. The molecule has 0 unspecified atom stereocenters. The Hall–Kier alpha value is -3.85. The van der Waals surface area contributed by atoms with Crippen molar-refractivity contribution in [1.29, 1.82) is 0 Å². The molecule has 0 bridgehead atoms. The molecule has 2 aliphatic rings. The molecule has 2 aliphatic heterocycles. The number of hydrogen-bond acceptors (Lipinski definition) is 8. The average molecular weight is 493 g/mol. The molecule has 0 aliphatic carbocycles. The van der Waals surface area contributed by atoms with E-state index in [9.17, 15) is 9.59 Å². The first-order valence-corrected chi connectivity index (χ1v) is 12.1. The zero-order chi connectivity index (χ0) is 24.5. The van der Waals surface area contributed by atoms with Crippen LogP contribution in [0.15, 0.2) is 63.5 Å². The van der Waals surface area contributed by atoms with Crippen LogP contribution in [-0.2, 0) is 9.53 Å². The number of aromatic nitrogens is 1. The second-order valence-electron chi connectivity index (χ2n) is 8.07. The van der Waals surface area contributed by atoms with Gasteiger partial charge in [0.1, 0.15) is 11.8 Å². The summed E-state index contributed by atoms with van der Waals surface area (Å²) in [5.74, 6) is 1.38. The molecule has 3 heterocycles. The first-order valence-electron chi connectivity index (χ1n) is 11.2. The highest BCUT2D eigenvalue weighted by Gasteiger charge is 2.34. The normalized spacial score (nSPS) is 16.7. The van der Waals surface area contributed by atoms with Crippen LogP contribution in [-0.4, -0.2) is 31.0 Å². The fourth-order valence-corrected chi connectivity index (χ4v) is 5.24. The summed E-state index contributed by atoms with van der Waals surface area (Å²) in [5, 5.41) is 0. The van der Waals surface area contributed by atoms with Crippen LogP contribution in [0.2, 0.25) is 0 Å². The van der Waals surface area contributed by atoms with Gasteiger partial charge in [-0.3, -0.25) is 9.36 Å². The molecule has 0 fully saturated rings. The molecule has 0 radical (unpaired) electrons. The van der Waals surface area contributed by atoms with Crippen LogP contribution in [0.1, 0.15) is 37.4 Å². The van der Waals surface area contributed by atoms with Gasteiger partial charge in [0.05, 0.1) is 29.5 Å². The molecule has 1 atom stereocenters. The predicted molar refractivity (Wildman–Crippen MR) is 131 cm³/mol. The molecule has 8 nitrogen and oxygen atoms in total. The van der Waals surface area contributed by atoms with Crippen LogP contribution >= 0.6 is 11.3 Å². The molecular formula is C26H24N2O6S. The highest BCUT2D eigenvalue weighted by atomic mass is 32.1. The van der Waals surface area contributed by atoms with Crippen molar-refractivity contribution in [2.24, 2.45) is 4.99 Å². The van der Waals surface area contributed by atoms with E-state index in [1.807, 2.05) is 49.4 Å². The standard InChI is InChI=1S/C26H24N2O6S/c1-4-11-32-18-8-6-5-7-17(18)23-22(25(30)31-3)15(2)27-26-28(23)24(29)21(35-26)13-16-9-10-19-20(12-16)34-14-33-19/h5-10,12-13,23H,4,11,14H2,1-3H3/b21-13+/t23-/m0/s1. The van der Waals surface area contributed by atoms with Gasteiger partial charge >= 0.3 is 5.97 Å². The lowest BCUT2D eigenvalue weighted by atomic mass is 9.95. The number of carbonyl (C=O) groups is 1. The Labute approximate surface area is 205 Å². The number of benzene rings is 2. The Kier molecular flexibility index (Phi) is 6.17. The quantitative estimate of drug-likeness (QED) is 0.492. The third-order valence-electron chi connectivity index (χ3n) is 5.80. The first kappa shape index (κ1) is 22.9. The van der Waals surface area contributed by atoms with Crippen LogP contribution in [0.5, 0.6) is 17.2 Å². The molecule has 3 aromatic rings. The minimum absolute atomic E-state index is 0.177. The number of nitrogens with zero attached hydrogens (tertiary/aromatic N) is 2. The Morgan fingerprint density at radius 1 is 1.23 bits per heavy atom. The fourth-order valence-electron chi connectivity index (χ4n) is 4.19. The Bertz CT molecular complexity index is 1520. The summed E-state index contributed by atoms with van der Waals surface area (Å²) in [5.41, 5.74) is 2.05. The number of thiazole rings is 1. The van der Waals surface area contributed by atoms with Gasteiger partial charge in [0.2, 0.25) is 6.79 Å². The van der Waals surface area contributed by atoms with Gasteiger partial charge < -0.3 is 18.9 Å². The van der Waals surface area contributed by atoms with Gasteiger partial charge in [-0.15, -0.1) is 0 Å². The van der Waals surface area contributed by atoms with E-state index in [1.54, 1.807) is 17.6 Å². The van der Waals surface area contributed by atoms with Crippen LogP contribution < -0.4 is 29.1 Å². The summed E-state index contributed by atoms with van der Waals surface area (Å²) in [6.07, 6.45) is 2.62. The maximum Gasteiger partial charge on any atom is 0.338 e. The van der Waals surface area contributed by atoms with Gasteiger partial charge in [0.25, 0.3) is 5.56 Å². The van der Waals surface area contributed by atoms with Gasteiger partial charge in [0.15, 0.2) is 16.3 Å². The second kappa shape index (κ2) is 9.42. The number of hydrogen-bond donors (Lipinski definition) is 0. The van der Waals surface area contributed by atoms with E-state index in [0.29, 0.717) is 50.0 Å². The van der Waals surface area contributed by atoms with E-state index in [4.69, 9.17) is 18.9 Å². The summed E-state index contributed by atoms with van der Waals surface area (Å²) in [6.45, 7) is 4.46. The molecule has 0 N–H and O–H groups in total. The molecule has 0 spiro atoms. The van der Waals surface area contributed by atoms with E-state index >= 15 is 0 Å². The van der Waals surface area contributed by atoms with Crippen LogP contribution in [0.25, 0.3) is 6.08 Å². The molecule has 180 valence electrons. The van der Waals surface area contributed by atoms with E-state index in [2.05, 4.69) is 4.99 Å². The maximum absolute atomic E-state index is 13.7. The number of rotatable bonds is 6. The average Bonchev–Trinajstić information content (AvgIpc) is 3.45. The number of methoxy groups -OCH3 is 1. The second-order valence-corrected chi connectivity index (χ2v) is 9.08. The molecule has 0 saturated carbocycles. The number of ether oxygens (including phenoxy) is 4. The van der Waals surface area contributed by atoms with Crippen molar-refractivity contribution in [3.8, 4) is 17.2 Å². The van der Waals surface area contributed by atoms with Crippen molar-refractivity contribution in [1.82, 2.24) is 4.57 Å². The molecule has 2 aromatic carbocycles. The molecule has 5 rings (SSSR count). The number of fused-ring (bicyclic) bond motifs is 2. The van der Waals surface area contributed by atoms with Crippen molar-refractivity contribution in [3.63, 3.8) is 0 Å².